The van der Waals surface area contributed by atoms with Gasteiger partial charge in [-0.25, -0.2) is 14.8 Å². The lowest BCUT2D eigenvalue weighted by Gasteiger charge is -2.03. The fourth-order valence-electron chi connectivity index (χ4n) is 0.720. The van der Waals surface area contributed by atoms with Gasteiger partial charge in [0.2, 0.25) is 5.95 Å². The van der Waals surface area contributed by atoms with Gasteiger partial charge in [0, 0.05) is 0 Å². The summed E-state index contributed by atoms with van der Waals surface area (Å²) in [6.45, 7) is 0. The van der Waals surface area contributed by atoms with Gasteiger partial charge in [-0.3, -0.25) is 0 Å². The molecule has 1 aromatic rings. The van der Waals surface area contributed by atoms with Gasteiger partial charge in [-0.05, 0) is 6.26 Å². The van der Waals surface area contributed by atoms with Crippen LogP contribution in [0.1, 0.15) is 10.5 Å². The molecule has 1 aromatic heterocycles. The lowest BCUT2D eigenvalue weighted by molar-refractivity contribution is 0.0690. The highest BCUT2D eigenvalue weighted by molar-refractivity contribution is 7.98. The van der Waals surface area contributed by atoms with Gasteiger partial charge in [-0.1, -0.05) is 11.6 Å². The number of nitrogen functional groups attached to an aromatic ring is 1. The molecule has 0 fully saturated rings. The molecule has 0 saturated heterocycles. The standard InChI is InChI=1S/C6H6ClN3O2S/c1-13-4-2(7)3(5(11)12)9-6(8)10-4/h1H3,(H,11,12)(H2,8,9,10). The van der Waals surface area contributed by atoms with E-state index >= 15 is 0 Å². The second kappa shape index (κ2) is 3.80. The number of nitrogens with zero attached hydrogens (tertiary/aromatic N) is 2. The average Bonchev–Trinajstić information content (AvgIpc) is 2.08. The molecule has 0 atom stereocenters. The Morgan fingerprint density at radius 1 is 1.62 bits per heavy atom. The van der Waals surface area contributed by atoms with Gasteiger partial charge in [-0.2, -0.15) is 0 Å². The van der Waals surface area contributed by atoms with Crippen molar-refractivity contribution in [3.63, 3.8) is 0 Å². The minimum Gasteiger partial charge on any atom is -0.476 e. The Hall–Kier alpha value is -1.01. The summed E-state index contributed by atoms with van der Waals surface area (Å²) < 4.78 is 0. The molecule has 7 heteroatoms. The molecule has 0 unspecified atom stereocenters. The van der Waals surface area contributed by atoms with Gasteiger partial charge >= 0.3 is 5.97 Å². The zero-order chi connectivity index (χ0) is 10.0. The Kier molecular flexibility index (Phi) is 2.94. The third-order valence-electron chi connectivity index (χ3n) is 1.23. The number of thioether (sulfide) groups is 1. The first kappa shape index (κ1) is 10.1. The molecule has 1 heterocycles. The molecule has 13 heavy (non-hydrogen) atoms. The van der Waals surface area contributed by atoms with E-state index in [1.807, 2.05) is 0 Å². The summed E-state index contributed by atoms with van der Waals surface area (Å²) in [4.78, 5) is 17.9. The van der Waals surface area contributed by atoms with Crippen molar-refractivity contribution in [2.45, 2.75) is 5.03 Å². The zero-order valence-corrected chi connectivity index (χ0v) is 8.19. The molecule has 0 amide bonds. The van der Waals surface area contributed by atoms with E-state index in [1.165, 1.54) is 11.8 Å². The van der Waals surface area contributed by atoms with Crippen LogP contribution in [0.15, 0.2) is 5.03 Å². The maximum absolute atomic E-state index is 10.6. The van der Waals surface area contributed by atoms with Crippen molar-refractivity contribution in [3.05, 3.63) is 10.7 Å². The number of halogens is 1. The Bertz CT molecular complexity index is 358. The van der Waals surface area contributed by atoms with Gasteiger partial charge in [0.15, 0.2) is 5.69 Å². The topological polar surface area (TPSA) is 89.1 Å². The van der Waals surface area contributed by atoms with Crippen molar-refractivity contribution in [1.82, 2.24) is 9.97 Å². The third-order valence-corrected chi connectivity index (χ3v) is 2.39. The van der Waals surface area contributed by atoms with Crippen LogP contribution in [0.5, 0.6) is 0 Å². The SMILES string of the molecule is CSc1nc(N)nc(C(=O)O)c1Cl. The molecule has 1 rings (SSSR count). The van der Waals surface area contributed by atoms with Crippen LogP contribution < -0.4 is 5.73 Å². The van der Waals surface area contributed by atoms with Crippen LogP contribution in [0.4, 0.5) is 5.95 Å². The van der Waals surface area contributed by atoms with Crippen LogP contribution in [-0.4, -0.2) is 27.3 Å². The van der Waals surface area contributed by atoms with E-state index in [9.17, 15) is 4.79 Å². The van der Waals surface area contributed by atoms with Crippen LogP contribution in [0.2, 0.25) is 5.02 Å². The molecule has 3 N–H and O–H groups in total. The smallest absolute Gasteiger partial charge is 0.356 e. The molecule has 0 saturated carbocycles. The summed E-state index contributed by atoms with van der Waals surface area (Å²) in [6.07, 6.45) is 1.72. The summed E-state index contributed by atoms with van der Waals surface area (Å²) in [5, 5.41) is 9.06. The number of hydrogen-bond donors (Lipinski definition) is 2. The van der Waals surface area contributed by atoms with Crippen molar-refractivity contribution < 1.29 is 9.90 Å². The minimum absolute atomic E-state index is 0.0224. The number of aromatic carboxylic acids is 1. The molecule has 0 aliphatic carbocycles. The van der Waals surface area contributed by atoms with Gasteiger partial charge in [-0.15, -0.1) is 11.8 Å². The predicted molar refractivity (Wildman–Crippen MR) is 50.2 cm³/mol. The van der Waals surface area contributed by atoms with Gasteiger partial charge in [0.25, 0.3) is 0 Å². The molecule has 0 radical (unpaired) electrons. The summed E-state index contributed by atoms with van der Waals surface area (Å²) in [6, 6.07) is 0. The minimum atomic E-state index is -1.21. The number of aromatic nitrogens is 2. The highest BCUT2D eigenvalue weighted by Crippen LogP contribution is 2.26. The van der Waals surface area contributed by atoms with Crippen LogP contribution in [0, 0.1) is 0 Å². The number of hydrogen-bond acceptors (Lipinski definition) is 5. The van der Waals surface area contributed by atoms with Crippen molar-refractivity contribution >= 4 is 35.3 Å². The fraction of sp³-hybridized carbons (Fsp3) is 0.167. The summed E-state index contributed by atoms with van der Waals surface area (Å²) in [5.41, 5.74) is 5.02. The van der Waals surface area contributed by atoms with Crippen LogP contribution >= 0.6 is 23.4 Å². The van der Waals surface area contributed by atoms with E-state index in [1.54, 1.807) is 6.26 Å². The quantitative estimate of drug-likeness (QED) is 0.573. The fourth-order valence-corrected chi connectivity index (χ4v) is 1.58. The lowest BCUT2D eigenvalue weighted by atomic mass is 10.4. The molecule has 0 spiro atoms. The molecule has 0 aliphatic heterocycles. The van der Waals surface area contributed by atoms with Crippen molar-refractivity contribution in [2.75, 3.05) is 12.0 Å². The second-order valence-corrected chi connectivity index (χ2v) is 3.23. The number of carboxylic acid groups (broad SMARTS) is 1. The number of carbonyl (C=O) groups is 1. The molecular weight excluding hydrogens is 214 g/mol. The predicted octanol–water partition coefficient (Wildman–Crippen LogP) is 1.13. The number of nitrogens with two attached hydrogens (primary N) is 1. The second-order valence-electron chi connectivity index (χ2n) is 2.06. The summed E-state index contributed by atoms with van der Waals surface area (Å²) in [7, 11) is 0. The molecule has 5 nitrogen and oxygen atoms in total. The van der Waals surface area contributed by atoms with Crippen molar-refractivity contribution in [1.29, 1.82) is 0 Å². The van der Waals surface area contributed by atoms with Crippen molar-refractivity contribution in [3.8, 4) is 0 Å². The summed E-state index contributed by atoms with van der Waals surface area (Å²) in [5.74, 6) is -1.31. The van der Waals surface area contributed by atoms with E-state index in [2.05, 4.69) is 9.97 Å². The molecule has 70 valence electrons. The molecule has 0 aliphatic rings. The first-order valence-electron chi connectivity index (χ1n) is 3.16. The highest BCUT2D eigenvalue weighted by Gasteiger charge is 2.16. The molecule has 0 bridgehead atoms. The van der Waals surface area contributed by atoms with E-state index in [-0.39, 0.29) is 16.7 Å². The van der Waals surface area contributed by atoms with Crippen LogP contribution in [0.25, 0.3) is 0 Å². The van der Waals surface area contributed by atoms with E-state index in [0.29, 0.717) is 5.03 Å². The van der Waals surface area contributed by atoms with Crippen LogP contribution in [0.3, 0.4) is 0 Å². The molecule has 0 aromatic carbocycles. The van der Waals surface area contributed by atoms with Crippen molar-refractivity contribution in [2.24, 2.45) is 0 Å². The first-order valence-corrected chi connectivity index (χ1v) is 4.76. The summed E-state index contributed by atoms with van der Waals surface area (Å²) >= 11 is 6.91. The monoisotopic (exact) mass is 219 g/mol. The first-order chi connectivity index (χ1) is 6.06. The Morgan fingerprint density at radius 3 is 2.69 bits per heavy atom. The van der Waals surface area contributed by atoms with Gasteiger partial charge in [0.05, 0.1) is 0 Å². The Balaban J connectivity index is 3.35. The number of anilines is 1. The number of carboxylic acids is 1. The Morgan fingerprint density at radius 2 is 2.23 bits per heavy atom. The lowest BCUT2D eigenvalue weighted by Crippen LogP contribution is -2.07. The number of rotatable bonds is 2. The normalized spacial score (nSPS) is 10.0. The third kappa shape index (κ3) is 2.02. The average molecular weight is 220 g/mol. The maximum Gasteiger partial charge on any atom is 0.356 e. The van der Waals surface area contributed by atoms with E-state index < -0.39 is 5.97 Å². The largest absolute Gasteiger partial charge is 0.476 e. The maximum atomic E-state index is 10.6. The zero-order valence-electron chi connectivity index (χ0n) is 6.61. The van der Waals surface area contributed by atoms with E-state index in [4.69, 9.17) is 22.4 Å². The Labute approximate surface area is 83.3 Å². The molecular formula is C6H6ClN3O2S. The van der Waals surface area contributed by atoms with Gasteiger partial charge in [0.1, 0.15) is 10.0 Å². The van der Waals surface area contributed by atoms with Crippen LogP contribution in [-0.2, 0) is 0 Å². The van der Waals surface area contributed by atoms with E-state index in [0.717, 1.165) is 0 Å². The highest BCUT2D eigenvalue weighted by atomic mass is 35.5. The van der Waals surface area contributed by atoms with Gasteiger partial charge < -0.3 is 10.8 Å².